The maximum atomic E-state index is 14.3. The number of carbonyl (C=O) groups excluding carboxylic acids is 3. The third-order valence-electron chi connectivity index (χ3n) is 12.3. The number of nitriles is 1. The van der Waals surface area contributed by atoms with E-state index in [4.69, 9.17) is 0 Å². The van der Waals surface area contributed by atoms with Crippen LogP contribution in [-0.4, -0.2) is 42.1 Å². The summed E-state index contributed by atoms with van der Waals surface area (Å²) in [5.74, 6) is 0.00151. The van der Waals surface area contributed by atoms with Gasteiger partial charge in [0.15, 0.2) is 11.6 Å². The second-order valence-electron chi connectivity index (χ2n) is 15.5. The van der Waals surface area contributed by atoms with E-state index in [-0.39, 0.29) is 63.1 Å². The molecule has 6 nitrogen and oxygen atoms in total. The number of hydrogen-bond donors (Lipinski definition) is 1. The average Bonchev–Trinajstić information content (AvgIpc) is 2.82. The molecule has 0 aromatic rings. The molecule has 8 atom stereocenters. The van der Waals surface area contributed by atoms with Gasteiger partial charge in [-0.2, -0.15) is 5.26 Å². The molecular formula is C32H47N3O3. The van der Waals surface area contributed by atoms with Gasteiger partial charge in [-0.3, -0.25) is 9.59 Å². The Bertz CT molecular complexity index is 1150. The summed E-state index contributed by atoms with van der Waals surface area (Å²) in [7, 11) is 3.57. The number of amides is 2. The van der Waals surface area contributed by atoms with Gasteiger partial charge < -0.3 is 10.2 Å². The highest BCUT2D eigenvalue weighted by Crippen LogP contribution is 2.70. The SMILES string of the molecule is CN(C)C(=O)NC12CCC3C(C(=O)C=C4C3(C)CCC3C(C)(C)C(=O)C(C#N)CC43C)C1CC(C)(C)CC2. The third kappa shape index (κ3) is 3.66. The summed E-state index contributed by atoms with van der Waals surface area (Å²) in [4.78, 5) is 42.1. The first kappa shape index (κ1) is 27.4. The lowest BCUT2D eigenvalue weighted by atomic mass is 9.38. The highest BCUT2D eigenvalue weighted by Gasteiger charge is 2.67. The number of hydrogen-bond acceptors (Lipinski definition) is 4. The number of Topliss-reactive ketones (excluding diaryl/α,β-unsaturated/α-hetero) is 1. The first-order valence-corrected chi connectivity index (χ1v) is 14.7. The molecule has 0 spiro atoms. The van der Waals surface area contributed by atoms with Gasteiger partial charge in [-0.25, -0.2) is 4.79 Å². The van der Waals surface area contributed by atoms with E-state index in [0.717, 1.165) is 44.9 Å². The van der Waals surface area contributed by atoms with Gasteiger partial charge >= 0.3 is 6.03 Å². The number of rotatable bonds is 1. The molecule has 5 aliphatic rings. The number of ketones is 2. The summed E-state index contributed by atoms with van der Waals surface area (Å²) >= 11 is 0. The van der Waals surface area contributed by atoms with Crippen LogP contribution in [-0.2, 0) is 9.59 Å². The molecule has 0 heterocycles. The topological polar surface area (TPSA) is 90.3 Å². The molecule has 0 aromatic heterocycles. The van der Waals surface area contributed by atoms with Crippen LogP contribution in [0.2, 0.25) is 0 Å². The van der Waals surface area contributed by atoms with Gasteiger partial charge in [0.05, 0.1) is 6.07 Å². The molecule has 8 unspecified atom stereocenters. The van der Waals surface area contributed by atoms with Crippen LogP contribution in [0.4, 0.5) is 4.79 Å². The predicted octanol–water partition coefficient (Wildman–Crippen LogP) is 5.92. The van der Waals surface area contributed by atoms with Crippen LogP contribution >= 0.6 is 0 Å². The number of allylic oxidation sites excluding steroid dienone is 2. The van der Waals surface area contributed by atoms with E-state index >= 15 is 0 Å². The number of nitrogens with zero attached hydrogens (tertiary/aromatic N) is 2. The Morgan fingerprint density at radius 3 is 2.26 bits per heavy atom. The average molecular weight is 522 g/mol. The van der Waals surface area contributed by atoms with Gasteiger partial charge in [-0.05, 0) is 91.4 Å². The lowest BCUT2D eigenvalue weighted by Crippen LogP contribution is -2.67. The predicted molar refractivity (Wildman–Crippen MR) is 147 cm³/mol. The van der Waals surface area contributed by atoms with Crippen LogP contribution in [0.3, 0.4) is 0 Å². The van der Waals surface area contributed by atoms with E-state index in [1.54, 1.807) is 19.0 Å². The standard InChI is InChI=1S/C32H47N3O3/c1-28(2)13-14-32(34-27(38)35(7)8)12-9-20-25(21(32)17-28)22(36)15-24-30(20,5)11-10-23-29(3,4)26(37)19(18-33)16-31(23,24)6/h15,19-21,23,25H,9-14,16-17H2,1-8H3,(H,34,38). The minimum atomic E-state index is -0.623. The van der Waals surface area contributed by atoms with Gasteiger partial charge in [0.2, 0.25) is 0 Å². The fourth-order valence-corrected chi connectivity index (χ4v) is 10.3. The Labute approximate surface area is 229 Å². The minimum absolute atomic E-state index is 0.0650. The van der Waals surface area contributed by atoms with Crippen molar-refractivity contribution in [2.45, 2.75) is 98.4 Å². The van der Waals surface area contributed by atoms with Crippen LogP contribution in [0.25, 0.3) is 0 Å². The Morgan fingerprint density at radius 1 is 0.947 bits per heavy atom. The van der Waals surface area contributed by atoms with E-state index in [9.17, 15) is 19.6 Å². The van der Waals surface area contributed by atoms with Gasteiger partial charge in [0, 0.05) is 31.0 Å². The molecule has 208 valence electrons. The number of nitrogens with one attached hydrogen (secondary N) is 1. The zero-order valence-corrected chi connectivity index (χ0v) is 24.7. The third-order valence-corrected chi connectivity index (χ3v) is 12.3. The minimum Gasteiger partial charge on any atom is -0.332 e. The van der Waals surface area contributed by atoms with Crippen LogP contribution in [0, 0.1) is 62.6 Å². The summed E-state index contributed by atoms with van der Waals surface area (Å²) < 4.78 is 0. The summed E-state index contributed by atoms with van der Waals surface area (Å²) in [6.07, 6.45) is 9.10. The zero-order valence-electron chi connectivity index (χ0n) is 24.7. The molecule has 5 rings (SSSR count). The summed E-state index contributed by atoms with van der Waals surface area (Å²) in [5, 5.41) is 13.4. The van der Waals surface area contributed by atoms with Crippen molar-refractivity contribution in [1.29, 1.82) is 5.26 Å². The maximum Gasteiger partial charge on any atom is 0.317 e. The monoisotopic (exact) mass is 521 g/mol. The molecule has 1 N–H and O–H groups in total. The number of urea groups is 1. The van der Waals surface area contributed by atoms with Gasteiger partial charge in [0.1, 0.15) is 5.92 Å². The Morgan fingerprint density at radius 2 is 1.63 bits per heavy atom. The maximum absolute atomic E-state index is 14.3. The Hall–Kier alpha value is -2.16. The van der Waals surface area contributed by atoms with E-state index in [2.05, 4.69) is 39.1 Å². The fourth-order valence-electron chi connectivity index (χ4n) is 10.3. The molecule has 6 heteroatoms. The van der Waals surface area contributed by atoms with Crippen molar-refractivity contribution in [2.24, 2.45) is 51.2 Å². The summed E-state index contributed by atoms with van der Waals surface area (Å²) in [5.41, 5.74) is -0.0809. The molecule has 2 amide bonds. The van der Waals surface area contributed by atoms with E-state index in [1.807, 2.05) is 19.9 Å². The second-order valence-corrected chi connectivity index (χ2v) is 15.5. The molecule has 4 fully saturated rings. The first-order chi connectivity index (χ1) is 17.5. The van der Waals surface area contributed by atoms with Crippen LogP contribution in [0.5, 0.6) is 0 Å². The largest absolute Gasteiger partial charge is 0.332 e. The summed E-state index contributed by atoms with van der Waals surface area (Å²) in [6.45, 7) is 13.3. The van der Waals surface area contributed by atoms with Crippen molar-refractivity contribution in [3.63, 3.8) is 0 Å². The van der Waals surface area contributed by atoms with Crippen LogP contribution in [0.15, 0.2) is 11.6 Å². The van der Waals surface area contributed by atoms with E-state index in [0.29, 0.717) is 6.42 Å². The molecule has 0 aromatic carbocycles. The quantitative estimate of drug-likeness (QED) is 0.464. The normalized spacial score (nSPS) is 44.8. The van der Waals surface area contributed by atoms with Crippen LogP contribution in [0.1, 0.15) is 92.9 Å². The first-order valence-electron chi connectivity index (χ1n) is 14.7. The number of carbonyl (C=O) groups is 3. The second kappa shape index (κ2) is 8.42. The lowest BCUT2D eigenvalue weighted by Gasteiger charge is -2.66. The molecule has 4 saturated carbocycles. The highest BCUT2D eigenvalue weighted by molar-refractivity contribution is 5.96. The van der Waals surface area contributed by atoms with Crippen molar-refractivity contribution in [1.82, 2.24) is 10.2 Å². The van der Waals surface area contributed by atoms with Gasteiger partial charge in [-0.1, -0.05) is 47.1 Å². The van der Waals surface area contributed by atoms with Crippen molar-refractivity contribution < 1.29 is 14.4 Å². The molecule has 0 saturated heterocycles. The molecule has 0 radical (unpaired) electrons. The van der Waals surface area contributed by atoms with Crippen molar-refractivity contribution >= 4 is 17.6 Å². The highest BCUT2D eigenvalue weighted by atomic mass is 16.2. The van der Waals surface area contributed by atoms with Crippen molar-refractivity contribution in [3.8, 4) is 6.07 Å². The molecule has 0 bridgehead atoms. The molecule has 38 heavy (non-hydrogen) atoms. The fraction of sp³-hybridized carbons (Fsp3) is 0.812. The van der Waals surface area contributed by atoms with Crippen LogP contribution < -0.4 is 5.32 Å². The smallest absolute Gasteiger partial charge is 0.317 e. The van der Waals surface area contributed by atoms with Crippen molar-refractivity contribution in [3.05, 3.63) is 11.6 Å². The summed E-state index contributed by atoms with van der Waals surface area (Å²) in [6, 6.07) is 2.25. The lowest BCUT2D eigenvalue weighted by molar-refractivity contribution is -0.152. The molecule has 5 aliphatic carbocycles. The van der Waals surface area contributed by atoms with E-state index < -0.39 is 11.3 Å². The van der Waals surface area contributed by atoms with E-state index in [1.165, 1.54) is 5.57 Å². The Balaban J connectivity index is 1.59. The Kier molecular flexibility index (Phi) is 6.07. The van der Waals surface area contributed by atoms with Gasteiger partial charge in [-0.15, -0.1) is 0 Å². The zero-order chi connectivity index (χ0) is 28.1. The molecule has 0 aliphatic heterocycles. The van der Waals surface area contributed by atoms with Crippen molar-refractivity contribution in [2.75, 3.05) is 14.1 Å². The van der Waals surface area contributed by atoms with Gasteiger partial charge in [0.25, 0.3) is 0 Å². The molecular weight excluding hydrogens is 474 g/mol. The number of fused-ring (bicyclic) bond motifs is 7.